The van der Waals surface area contributed by atoms with Crippen molar-refractivity contribution in [3.63, 3.8) is 0 Å². The molecule has 0 radical (unpaired) electrons. The van der Waals surface area contributed by atoms with E-state index in [1.807, 2.05) is 24.3 Å². The number of hydrogen-bond donors (Lipinski definition) is 1. The van der Waals surface area contributed by atoms with E-state index in [0.29, 0.717) is 5.95 Å². The summed E-state index contributed by atoms with van der Waals surface area (Å²) < 4.78 is 31.1. The number of fused-ring (bicyclic) bond motifs is 1. The van der Waals surface area contributed by atoms with Crippen molar-refractivity contribution in [2.45, 2.75) is 12.7 Å². The second-order valence-electron chi connectivity index (χ2n) is 7.07. The topological polar surface area (TPSA) is 52.0 Å². The van der Waals surface area contributed by atoms with Gasteiger partial charge < -0.3 is 10.1 Å². The molecule has 1 N–H and O–H groups in total. The van der Waals surface area contributed by atoms with E-state index in [1.54, 1.807) is 16.8 Å². The summed E-state index contributed by atoms with van der Waals surface area (Å²) in [7, 11) is 0. The predicted molar refractivity (Wildman–Crippen MR) is 115 cm³/mol. The third-order valence-electron chi connectivity index (χ3n) is 5.16. The molecule has 0 amide bonds. The van der Waals surface area contributed by atoms with Crippen LogP contribution in [0.5, 0.6) is 5.75 Å². The summed E-state index contributed by atoms with van der Waals surface area (Å²) in [6.07, 6.45) is 3.53. The lowest BCUT2D eigenvalue weighted by molar-refractivity contribution is -0.0498. The SMILES string of the molecule is FC(F)Oc1ccc(C2C=C(c3ccc(-c4ccccc4)cc3)Nc3ncnn32)cc1. The van der Waals surface area contributed by atoms with Crippen LogP contribution in [-0.2, 0) is 0 Å². The highest BCUT2D eigenvalue weighted by molar-refractivity contribution is 5.78. The fourth-order valence-corrected chi connectivity index (χ4v) is 3.66. The van der Waals surface area contributed by atoms with Crippen molar-refractivity contribution in [1.29, 1.82) is 0 Å². The second-order valence-corrected chi connectivity index (χ2v) is 7.07. The summed E-state index contributed by atoms with van der Waals surface area (Å²) in [5.41, 5.74) is 5.08. The monoisotopic (exact) mass is 416 g/mol. The largest absolute Gasteiger partial charge is 0.435 e. The Morgan fingerprint density at radius 1 is 0.839 bits per heavy atom. The molecule has 1 aromatic heterocycles. The number of halogens is 2. The van der Waals surface area contributed by atoms with Gasteiger partial charge in [0.2, 0.25) is 5.95 Å². The van der Waals surface area contributed by atoms with Crippen molar-refractivity contribution in [2.24, 2.45) is 0 Å². The first-order valence-electron chi connectivity index (χ1n) is 9.76. The number of alkyl halides is 2. The van der Waals surface area contributed by atoms with Gasteiger partial charge in [0.05, 0.1) is 0 Å². The Bertz CT molecular complexity index is 1200. The molecule has 2 heterocycles. The van der Waals surface area contributed by atoms with E-state index in [-0.39, 0.29) is 11.8 Å². The molecule has 1 atom stereocenters. The van der Waals surface area contributed by atoms with E-state index in [0.717, 1.165) is 28.0 Å². The zero-order chi connectivity index (χ0) is 21.2. The van der Waals surface area contributed by atoms with Gasteiger partial charge in [0, 0.05) is 5.70 Å². The molecule has 0 spiro atoms. The number of rotatable bonds is 5. The molecular weight excluding hydrogens is 398 g/mol. The number of ether oxygens (including phenoxy) is 1. The third-order valence-corrected chi connectivity index (χ3v) is 5.16. The number of benzene rings is 3. The predicted octanol–water partition coefficient (Wildman–Crippen LogP) is 5.60. The number of nitrogens with one attached hydrogen (secondary N) is 1. The Morgan fingerprint density at radius 2 is 1.52 bits per heavy atom. The molecule has 1 unspecified atom stereocenters. The molecular formula is C24H18F2N4O. The zero-order valence-electron chi connectivity index (χ0n) is 16.3. The summed E-state index contributed by atoms with van der Waals surface area (Å²) in [5, 5.41) is 7.63. The van der Waals surface area contributed by atoms with Crippen LogP contribution in [0.15, 0.2) is 91.3 Å². The summed E-state index contributed by atoms with van der Waals surface area (Å²) in [6, 6.07) is 24.8. The van der Waals surface area contributed by atoms with Gasteiger partial charge in [0.25, 0.3) is 0 Å². The van der Waals surface area contributed by atoms with Crippen LogP contribution in [0.3, 0.4) is 0 Å². The molecule has 3 aromatic carbocycles. The Balaban J connectivity index is 1.46. The lowest BCUT2D eigenvalue weighted by Gasteiger charge is -2.24. The lowest BCUT2D eigenvalue weighted by Crippen LogP contribution is -2.20. The first-order chi connectivity index (χ1) is 15.2. The van der Waals surface area contributed by atoms with E-state index < -0.39 is 6.61 Å². The van der Waals surface area contributed by atoms with Gasteiger partial charge in [-0.3, -0.25) is 0 Å². The summed E-state index contributed by atoms with van der Waals surface area (Å²) >= 11 is 0. The molecule has 5 rings (SSSR count). The van der Waals surface area contributed by atoms with E-state index in [1.165, 1.54) is 18.5 Å². The molecule has 1 aliphatic rings. The fourth-order valence-electron chi connectivity index (χ4n) is 3.66. The molecule has 4 aromatic rings. The quantitative estimate of drug-likeness (QED) is 0.460. The van der Waals surface area contributed by atoms with Crippen LogP contribution in [0.2, 0.25) is 0 Å². The maximum atomic E-state index is 12.4. The minimum absolute atomic E-state index is 0.118. The molecule has 0 aliphatic carbocycles. The standard InChI is InChI=1S/C24H18F2N4O/c25-23(26)31-20-12-10-19(11-13-20)22-14-21(29-24-27-15-28-30(22)24)18-8-6-17(7-9-18)16-4-2-1-3-5-16/h1-15,22-23H,(H,27,28,29). The maximum absolute atomic E-state index is 12.4. The summed E-state index contributed by atoms with van der Waals surface area (Å²) in [6.45, 7) is -2.85. The van der Waals surface area contributed by atoms with Crippen LogP contribution in [0.4, 0.5) is 14.7 Å². The number of nitrogens with zero attached hydrogens (tertiary/aromatic N) is 3. The Labute approximate surface area is 177 Å². The molecule has 31 heavy (non-hydrogen) atoms. The average molecular weight is 416 g/mol. The minimum Gasteiger partial charge on any atom is -0.435 e. The van der Waals surface area contributed by atoms with Crippen molar-refractivity contribution < 1.29 is 13.5 Å². The Kier molecular flexibility index (Phi) is 4.92. The first kappa shape index (κ1) is 19.0. The summed E-state index contributed by atoms with van der Waals surface area (Å²) in [4.78, 5) is 4.31. The fraction of sp³-hybridized carbons (Fsp3) is 0.0833. The highest BCUT2D eigenvalue weighted by atomic mass is 19.3. The summed E-state index contributed by atoms with van der Waals surface area (Å²) in [5.74, 6) is 0.731. The van der Waals surface area contributed by atoms with Gasteiger partial charge in [0.1, 0.15) is 18.1 Å². The Hall–Kier alpha value is -4.00. The molecule has 7 heteroatoms. The van der Waals surface area contributed by atoms with Gasteiger partial charge in [-0.25, -0.2) is 4.68 Å². The molecule has 0 saturated heterocycles. The Morgan fingerprint density at radius 3 is 2.23 bits per heavy atom. The molecule has 5 nitrogen and oxygen atoms in total. The van der Waals surface area contributed by atoms with Crippen molar-refractivity contribution in [2.75, 3.05) is 5.32 Å². The van der Waals surface area contributed by atoms with Crippen molar-refractivity contribution in [1.82, 2.24) is 14.8 Å². The third kappa shape index (κ3) is 3.90. The van der Waals surface area contributed by atoms with Crippen LogP contribution in [0, 0.1) is 0 Å². The van der Waals surface area contributed by atoms with Crippen LogP contribution in [0.25, 0.3) is 16.8 Å². The van der Waals surface area contributed by atoms with Crippen LogP contribution in [0.1, 0.15) is 17.2 Å². The van der Waals surface area contributed by atoms with Gasteiger partial charge in [0.15, 0.2) is 0 Å². The highest BCUT2D eigenvalue weighted by Gasteiger charge is 2.23. The zero-order valence-corrected chi connectivity index (χ0v) is 16.3. The molecule has 154 valence electrons. The van der Waals surface area contributed by atoms with Gasteiger partial charge >= 0.3 is 6.61 Å². The highest BCUT2D eigenvalue weighted by Crippen LogP contribution is 2.33. The molecule has 0 saturated carbocycles. The van der Waals surface area contributed by atoms with E-state index in [2.05, 4.69) is 56.5 Å². The van der Waals surface area contributed by atoms with Gasteiger partial charge in [-0.2, -0.15) is 18.9 Å². The maximum Gasteiger partial charge on any atom is 0.387 e. The normalized spacial score (nSPS) is 15.2. The lowest BCUT2D eigenvalue weighted by atomic mass is 9.99. The average Bonchev–Trinajstić information content (AvgIpc) is 3.28. The van der Waals surface area contributed by atoms with Crippen molar-refractivity contribution in [3.05, 3.63) is 102 Å². The van der Waals surface area contributed by atoms with Gasteiger partial charge in [-0.15, -0.1) is 0 Å². The molecule has 0 bridgehead atoms. The number of allylic oxidation sites excluding steroid dienone is 1. The van der Waals surface area contributed by atoms with Crippen molar-refractivity contribution >= 4 is 11.6 Å². The number of hydrogen-bond acceptors (Lipinski definition) is 4. The van der Waals surface area contributed by atoms with Crippen LogP contribution in [-0.4, -0.2) is 21.4 Å². The molecule has 0 fully saturated rings. The van der Waals surface area contributed by atoms with E-state index >= 15 is 0 Å². The smallest absolute Gasteiger partial charge is 0.387 e. The minimum atomic E-state index is -2.85. The first-order valence-corrected chi connectivity index (χ1v) is 9.76. The number of anilines is 1. The molecule has 1 aliphatic heterocycles. The second kappa shape index (κ2) is 8.02. The van der Waals surface area contributed by atoms with Crippen LogP contribution < -0.4 is 10.1 Å². The van der Waals surface area contributed by atoms with E-state index in [4.69, 9.17) is 0 Å². The van der Waals surface area contributed by atoms with Crippen molar-refractivity contribution in [3.8, 4) is 16.9 Å². The van der Waals surface area contributed by atoms with Gasteiger partial charge in [-0.1, -0.05) is 66.7 Å². The van der Waals surface area contributed by atoms with E-state index in [9.17, 15) is 8.78 Å². The number of aromatic nitrogens is 3. The van der Waals surface area contributed by atoms with Gasteiger partial charge in [-0.05, 0) is 40.5 Å². The van der Waals surface area contributed by atoms with Crippen LogP contribution >= 0.6 is 0 Å².